The largest absolute Gasteiger partial charge is 0.436 e. The minimum Gasteiger partial charge on any atom is -0.436 e. The topological polar surface area (TPSA) is 197 Å². The Labute approximate surface area is 391 Å². The van der Waals surface area contributed by atoms with E-state index in [9.17, 15) is 0 Å². The van der Waals surface area contributed by atoms with Gasteiger partial charge in [-0.2, -0.15) is 0 Å². The number of rotatable bonds is 0. The molecule has 11 aromatic rings. The molecule has 32 heterocycles. The standard InChI is InChI=1S/C51H33N15O3/c1-7-34-8-2-31(1)25-64-28-43(58-61-64)67-40-19-13-37(14-20-40)49-55-50-38-15-21-41(22-16-38)68-44-29-65(62-59-44)26-32-3-9-35(10-4-32)47-52-46(34)53-48(54-47)36-11-5-33(6-12-36)27-66-30-45(60-63-66)69-42-23-17-39(18-24-42)51(56-49)57-50/h1-24,28-30H,25-27H2. The zero-order chi connectivity index (χ0) is 45.7. The quantitative estimate of drug-likeness (QED) is 0.140. The molecular formula is C51H33N15O3. The lowest BCUT2D eigenvalue weighted by Gasteiger charge is -2.10. The molecule has 18 heteroatoms. The van der Waals surface area contributed by atoms with Crippen LogP contribution in [-0.4, -0.2) is 74.9 Å². The molecule has 38 rings (SSSR count). The summed E-state index contributed by atoms with van der Waals surface area (Å²) in [6.45, 7) is 1.38. The van der Waals surface area contributed by atoms with Crippen molar-refractivity contribution in [2.75, 3.05) is 0 Å². The van der Waals surface area contributed by atoms with Crippen LogP contribution < -0.4 is 14.2 Å². The molecule has 27 aliphatic rings. The molecule has 0 radical (unpaired) electrons. The van der Waals surface area contributed by atoms with Gasteiger partial charge in [-0.3, -0.25) is 0 Å². The molecule has 0 fully saturated rings. The van der Waals surface area contributed by atoms with Crippen molar-refractivity contribution < 1.29 is 14.2 Å². The van der Waals surface area contributed by atoms with Crippen LogP contribution in [0.15, 0.2) is 164 Å². The molecule has 0 aliphatic carbocycles. The van der Waals surface area contributed by atoms with Crippen molar-refractivity contribution in [3.8, 4) is 103 Å². The zero-order valence-electron chi connectivity index (χ0n) is 36.1. The second kappa shape index (κ2) is 16.5. The predicted octanol–water partition coefficient (Wildman–Crippen LogP) is 8.98. The van der Waals surface area contributed by atoms with Gasteiger partial charge in [-0.05, 0) is 89.5 Å². The third kappa shape index (κ3) is 8.24. The molecule has 18 nitrogen and oxygen atoms in total. The molecule has 330 valence electrons. The number of hydrogen-bond donors (Lipinski definition) is 0. The molecule has 6 aromatic carbocycles. The second-order valence-electron chi connectivity index (χ2n) is 16.3. The van der Waals surface area contributed by atoms with Crippen LogP contribution in [0.25, 0.3) is 68.3 Å². The van der Waals surface area contributed by atoms with E-state index < -0.39 is 0 Å². The molecule has 0 N–H and O–H groups in total. The van der Waals surface area contributed by atoms with Gasteiger partial charge in [-0.15, -0.1) is 0 Å². The second-order valence-corrected chi connectivity index (χ2v) is 16.3. The van der Waals surface area contributed by atoms with Crippen LogP contribution in [0.3, 0.4) is 0 Å². The Hall–Kier alpha value is -9.84. The minimum absolute atomic E-state index is 0.349. The fourth-order valence-corrected chi connectivity index (χ4v) is 7.96. The number of hydrogen-bond acceptors (Lipinski definition) is 15. The maximum Gasteiger partial charge on any atom is 0.258 e. The fraction of sp³-hybridized carbons (Fsp3) is 0.0588. The summed E-state index contributed by atoms with van der Waals surface area (Å²) in [6, 6.07) is 46.6. The summed E-state index contributed by atoms with van der Waals surface area (Å²) < 4.78 is 23.6. The monoisotopic (exact) mass is 903 g/mol. The Morgan fingerprint density at radius 2 is 0.493 bits per heavy atom. The van der Waals surface area contributed by atoms with Crippen LogP contribution in [0, 0.1) is 0 Å². The van der Waals surface area contributed by atoms with Gasteiger partial charge in [0.05, 0.1) is 38.2 Å². The van der Waals surface area contributed by atoms with Crippen molar-refractivity contribution in [3.05, 3.63) is 181 Å². The Morgan fingerprint density at radius 1 is 0.275 bits per heavy atom. The average molecular weight is 904 g/mol. The highest BCUT2D eigenvalue weighted by atomic mass is 16.5. The van der Waals surface area contributed by atoms with Crippen molar-refractivity contribution in [2.24, 2.45) is 0 Å². The molecule has 27 aliphatic heterocycles. The van der Waals surface area contributed by atoms with Gasteiger partial charge in [0, 0.05) is 33.4 Å². The molecule has 0 saturated carbocycles. The summed E-state index contributed by atoms with van der Waals surface area (Å²) in [5.41, 5.74) is 7.71. The highest BCUT2D eigenvalue weighted by Gasteiger charge is 2.17. The summed E-state index contributed by atoms with van der Waals surface area (Å²) in [7, 11) is 0. The summed E-state index contributed by atoms with van der Waals surface area (Å²) in [5.74, 6) is 5.72. The highest BCUT2D eigenvalue weighted by Crippen LogP contribution is 2.32. The third-order valence-electron chi connectivity index (χ3n) is 11.5. The molecular weight excluding hydrogens is 871 g/mol. The molecule has 24 bridgehead atoms. The van der Waals surface area contributed by atoms with Gasteiger partial charge in [0.25, 0.3) is 17.6 Å². The van der Waals surface area contributed by atoms with Gasteiger partial charge in [0.2, 0.25) is 0 Å². The van der Waals surface area contributed by atoms with Crippen LogP contribution in [-0.2, 0) is 19.6 Å². The Balaban J connectivity index is 0.952. The molecule has 0 saturated heterocycles. The minimum atomic E-state index is 0.349. The summed E-state index contributed by atoms with van der Waals surface area (Å²) >= 11 is 0. The van der Waals surface area contributed by atoms with Crippen molar-refractivity contribution in [1.29, 1.82) is 0 Å². The van der Waals surface area contributed by atoms with Crippen molar-refractivity contribution >= 4 is 0 Å². The van der Waals surface area contributed by atoms with Crippen LogP contribution >= 0.6 is 0 Å². The van der Waals surface area contributed by atoms with Crippen LogP contribution in [0.5, 0.6) is 34.9 Å². The van der Waals surface area contributed by atoms with E-state index in [0.29, 0.717) is 89.5 Å². The first-order valence-corrected chi connectivity index (χ1v) is 21.9. The molecule has 0 spiro atoms. The van der Waals surface area contributed by atoms with Crippen molar-refractivity contribution in [1.82, 2.24) is 74.9 Å². The molecule has 0 atom stereocenters. The lowest BCUT2D eigenvalue weighted by atomic mass is 10.1. The van der Waals surface area contributed by atoms with Gasteiger partial charge in [-0.25, -0.2) is 43.9 Å². The van der Waals surface area contributed by atoms with E-state index in [1.54, 1.807) is 32.6 Å². The Bertz CT molecular complexity index is 3010. The summed E-state index contributed by atoms with van der Waals surface area (Å²) in [4.78, 5) is 29.8. The van der Waals surface area contributed by atoms with E-state index in [1.165, 1.54) is 0 Å². The van der Waals surface area contributed by atoms with Crippen LogP contribution in [0.4, 0.5) is 0 Å². The predicted molar refractivity (Wildman–Crippen MR) is 250 cm³/mol. The molecule has 69 heavy (non-hydrogen) atoms. The lowest BCUT2D eigenvalue weighted by Crippen LogP contribution is -2.03. The first-order valence-electron chi connectivity index (χ1n) is 21.9. The van der Waals surface area contributed by atoms with E-state index >= 15 is 0 Å². The zero-order valence-corrected chi connectivity index (χ0v) is 36.1. The van der Waals surface area contributed by atoms with E-state index in [4.69, 9.17) is 44.1 Å². The molecule has 5 aromatic heterocycles. The third-order valence-corrected chi connectivity index (χ3v) is 11.5. The maximum absolute atomic E-state index is 6.15. The Kier molecular flexibility index (Phi) is 9.48. The van der Waals surface area contributed by atoms with Gasteiger partial charge < -0.3 is 14.2 Å². The SMILES string of the molecule is c1cc2ccc1Cn1cc(nn1)Oc1ccc(cc1)-c1nc3nc(n1)-c1ccc(cc1)Oc1cn(nn1)Cc1ccc(cc1)-c1nc-2nc(n1)-c1ccc(cc1)Cn1cc(nn1)Oc1ccc-3cc1. The average Bonchev–Trinajstić information content (AvgIpc) is 4.16. The van der Waals surface area contributed by atoms with Crippen LogP contribution in [0.1, 0.15) is 16.7 Å². The van der Waals surface area contributed by atoms with E-state index in [-0.39, 0.29) is 0 Å². The fourth-order valence-electron chi connectivity index (χ4n) is 7.96. The van der Waals surface area contributed by atoms with Gasteiger partial charge >= 0.3 is 0 Å². The normalized spacial score (nSPS) is 12.5. The molecule has 0 amide bonds. The highest BCUT2D eigenvalue weighted by molar-refractivity contribution is 5.69. The number of nitrogens with zero attached hydrogens (tertiary/aromatic N) is 15. The van der Waals surface area contributed by atoms with Crippen LogP contribution in [0.2, 0.25) is 0 Å². The number of benzene rings is 6. The summed E-state index contributed by atoms with van der Waals surface area (Å²) in [5, 5.41) is 25.9. The lowest BCUT2D eigenvalue weighted by molar-refractivity contribution is 0.461. The number of aromatic nitrogens is 15. The van der Waals surface area contributed by atoms with Gasteiger partial charge in [0.15, 0.2) is 34.9 Å². The van der Waals surface area contributed by atoms with Crippen molar-refractivity contribution in [2.45, 2.75) is 19.6 Å². The van der Waals surface area contributed by atoms with Gasteiger partial charge in [0.1, 0.15) is 17.2 Å². The Morgan fingerprint density at radius 3 is 0.725 bits per heavy atom. The van der Waals surface area contributed by atoms with E-state index in [0.717, 1.165) is 50.1 Å². The summed E-state index contributed by atoms with van der Waals surface area (Å²) in [6.07, 6.45) is 5.28. The molecule has 0 unspecified atom stereocenters. The first kappa shape index (κ1) is 39.5. The van der Waals surface area contributed by atoms with E-state index in [1.807, 2.05) is 146 Å². The first-order chi connectivity index (χ1) is 34.0. The maximum atomic E-state index is 6.15. The number of ether oxygens (including phenoxy) is 3. The van der Waals surface area contributed by atoms with Crippen molar-refractivity contribution in [3.63, 3.8) is 0 Å². The smallest absolute Gasteiger partial charge is 0.258 e. The van der Waals surface area contributed by atoms with Gasteiger partial charge in [-0.1, -0.05) is 104 Å². The van der Waals surface area contributed by atoms with E-state index in [2.05, 4.69) is 30.9 Å².